The van der Waals surface area contributed by atoms with E-state index in [9.17, 15) is 14.7 Å². The van der Waals surface area contributed by atoms with Crippen molar-refractivity contribution in [1.82, 2.24) is 5.32 Å². The quantitative estimate of drug-likeness (QED) is 0.814. The summed E-state index contributed by atoms with van der Waals surface area (Å²) < 4.78 is 0. The Morgan fingerprint density at radius 2 is 1.84 bits per heavy atom. The molecule has 2 fully saturated rings. The van der Waals surface area contributed by atoms with Crippen LogP contribution in [0.3, 0.4) is 0 Å². The van der Waals surface area contributed by atoms with Crippen molar-refractivity contribution in [2.45, 2.75) is 56.9 Å². The van der Waals surface area contributed by atoms with E-state index >= 15 is 0 Å². The smallest absolute Gasteiger partial charge is 0.329 e. The third kappa shape index (κ3) is 3.88. The molecule has 19 heavy (non-hydrogen) atoms. The minimum Gasteiger partial charge on any atom is -0.480 e. The summed E-state index contributed by atoms with van der Waals surface area (Å²) in [6, 6.07) is 0. The molecule has 0 aromatic carbocycles. The summed E-state index contributed by atoms with van der Waals surface area (Å²) in [6.07, 6.45) is 7.50. The number of carboxylic acids is 1. The standard InChI is InChI=1S/C14H23NO3S/c16-12(6-5-11-3-1-2-4-11)15-14(13(17)18)7-9-19-10-8-14/h11H,1-10H2,(H,15,16)(H,17,18). The molecule has 5 heteroatoms. The van der Waals surface area contributed by atoms with Crippen molar-refractivity contribution in [3.63, 3.8) is 0 Å². The average Bonchev–Trinajstić information content (AvgIpc) is 2.90. The average molecular weight is 285 g/mol. The molecule has 108 valence electrons. The third-order valence-electron chi connectivity index (χ3n) is 4.39. The van der Waals surface area contributed by atoms with Crippen molar-refractivity contribution in [2.24, 2.45) is 5.92 Å². The fourth-order valence-corrected chi connectivity index (χ4v) is 4.27. The van der Waals surface area contributed by atoms with E-state index in [1.165, 1.54) is 25.7 Å². The predicted octanol–water partition coefficient (Wildman–Crippen LogP) is 2.42. The Morgan fingerprint density at radius 3 is 2.42 bits per heavy atom. The van der Waals surface area contributed by atoms with Gasteiger partial charge in [0.1, 0.15) is 5.54 Å². The highest BCUT2D eigenvalue weighted by atomic mass is 32.2. The summed E-state index contributed by atoms with van der Waals surface area (Å²) in [6.45, 7) is 0. The second-order valence-corrected chi connectivity index (χ2v) is 6.96. The molecule has 1 aliphatic carbocycles. The van der Waals surface area contributed by atoms with Crippen molar-refractivity contribution in [3.05, 3.63) is 0 Å². The van der Waals surface area contributed by atoms with Crippen molar-refractivity contribution < 1.29 is 14.7 Å². The second kappa shape index (κ2) is 6.64. The van der Waals surface area contributed by atoms with Gasteiger partial charge >= 0.3 is 5.97 Å². The molecule has 1 aliphatic heterocycles. The predicted molar refractivity (Wildman–Crippen MR) is 76.3 cm³/mol. The molecule has 0 unspecified atom stereocenters. The largest absolute Gasteiger partial charge is 0.480 e. The third-order valence-corrected chi connectivity index (χ3v) is 5.37. The number of carbonyl (C=O) groups excluding carboxylic acids is 1. The molecule has 0 bridgehead atoms. The van der Waals surface area contributed by atoms with Crippen LogP contribution in [0.4, 0.5) is 0 Å². The van der Waals surface area contributed by atoms with Crippen LogP contribution in [-0.2, 0) is 9.59 Å². The first kappa shape index (κ1) is 14.7. The Labute approximate surface area is 118 Å². The van der Waals surface area contributed by atoms with Gasteiger partial charge in [-0.1, -0.05) is 25.7 Å². The number of amides is 1. The molecule has 0 aromatic rings. The fraction of sp³-hybridized carbons (Fsp3) is 0.857. The van der Waals surface area contributed by atoms with Gasteiger partial charge in [0.05, 0.1) is 0 Å². The van der Waals surface area contributed by atoms with Gasteiger partial charge in [0, 0.05) is 6.42 Å². The molecule has 1 saturated heterocycles. The summed E-state index contributed by atoms with van der Waals surface area (Å²) in [7, 11) is 0. The van der Waals surface area contributed by atoms with Gasteiger partial charge in [-0.2, -0.15) is 11.8 Å². The number of aliphatic carboxylic acids is 1. The lowest BCUT2D eigenvalue weighted by atomic mass is 9.91. The van der Waals surface area contributed by atoms with Crippen LogP contribution in [0, 0.1) is 5.92 Å². The Bertz CT molecular complexity index is 334. The number of carbonyl (C=O) groups is 2. The van der Waals surface area contributed by atoms with Gasteiger partial charge in [0.15, 0.2) is 0 Å². The molecule has 2 rings (SSSR count). The summed E-state index contributed by atoms with van der Waals surface area (Å²) in [4.78, 5) is 23.4. The van der Waals surface area contributed by atoms with Gasteiger partial charge in [-0.15, -0.1) is 0 Å². The monoisotopic (exact) mass is 285 g/mol. The van der Waals surface area contributed by atoms with Crippen molar-refractivity contribution in [1.29, 1.82) is 0 Å². The Balaban J connectivity index is 1.82. The lowest BCUT2D eigenvalue weighted by Gasteiger charge is -2.33. The summed E-state index contributed by atoms with van der Waals surface area (Å²) in [5, 5.41) is 12.2. The lowest BCUT2D eigenvalue weighted by molar-refractivity contribution is -0.148. The minimum atomic E-state index is -1.00. The maximum Gasteiger partial charge on any atom is 0.329 e. The van der Waals surface area contributed by atoms with E-state index in [1.54, 1.807) is 11.8 Å². The van der Waals surface area contributed by atoms with Gasteiger partial charge in [0.2, 0.25) is 5.91 Å². The number of thioether (sulfide) groups is 1. The van der Waals surface area contributed by atoms with Crippen molar-refractivity contribution >= 4 is 23.6 Å². The van der Waals surface area contributed by atoms with Crippen LogP contribution < -0.4 is 5.32 Å². The van der Waals surface area contributed by atoms with E-state index in [0.29, 0.717) is 25.2 Å². The maximum absolute atomic E-state index is 12.0. The van der Waals surface area contributed by atoms with Gasteiger partial charge in [-0.3, -0.25) is 4.79 Å². The zero-order valence-corrected chi connectivity index (χ0v) is 12.1. The lowest BCUT2D eigenvalue weighted by Crippen LogP contribution is -2.56. The number of rotatable bonds is 5. The first-order chi connectivity index (χ1) is 9.12. The van der Waals surface area contributed by atoms with Gasteiger partial charge in [0.25, 0.3) is 0 Å². The Morgan fingerprint density at radius 1 is 1.21 bits per heavy atom. The topological polar surface area (TPSA) is 66.4 Å². The van der Waals surface area contributed by atoms with E-state index in [2.05, 4.69) is 5.32 Å². The van der Waals surface area contributed by atoms with Gasteiger partial charge in [-0.25, -0.2) is 4.79 Å². The van der Waals surface area contributed by atoms with Crippen LogP contribution in [0.25, 0.3) is 0 Å². The highest BCUT2D eigenvalue weighted by Gasteiger charge is 2.41. The fourth-order valence-electron chi connectivity index (χ4n) is 3.08. The van der Waals surface area contributed by atoms with E-state index in [1.807, 2.05) is 0 Å². The van der Waals surface area contributed by atoms with E-state index in [4.69, 9.17) is 0 Å². The normalized spacial score (nSPS) is 23.2. The number of hydrogen-bond acceptors (Lipinski definition) is 3. The molecule has 2 N–H and O–H groups in total. The molecule has 1 amide bonds. The minimum absolute atomic E-state index is 0.0822. The number of nitrogens with one attached hydrogen (secondary N) is 1. The molecule has 1 saturated carbocycles. The molecule has 4 nitrogen and oxygen atoms in total. The van der Waals surface area contributed by atoms with Crippen LogP contribution in [0.2, 0.25) is 0 Å². The van der Waals surface area contributed by atoms with E-state index in [0.717, 1.165) is 17.9 Å². The maximum atomic E-state index is 12.0. The first-order valence-corrected chi connectivity index (χ1v) is 8.40. The highest BCUT2D eigenvalue weighted by Crippen LogP contribution is 2.30. The van der Waals surface area contributed by atoms with E-state index < -0.39 is 11.5 Å². The molecular formula is C14H23NO3S. The first-order valence-electron chi connectivity index (χ1n) is 7.24. The zero-order valence-electron chi connectivity index (χ0n) is 11.3. The summed E-state index contributed by atoms with van der Waals surface area (Å²) >= 11 is 1.76. The van der Waals surface area contributed by atoms with E-state index in [-0.39, 0.29) is 5.91 Å². The van der Waals surface area contributed by atoms with Crippen LogP contribution in [0.5, 0.6) is 0 Å². The molecule has 1 heterocycles. The molecule has 0 aromatic heterocycles. The van der Waals surface area contributed by atoms with Crippen LogP contribution in [0.15, 0.2) is 0 Å². The van der Waals surface area contributed by atoms with Crippen molar-refractivity contribution in [3.8, 4) is 0 Å². The molecular weight excluding hydrogens is 262 g/mol. The molecule has 0 radical (unpaired) electrons. The van der Waals surface area contributed by atoms with Crippen LogP contribution in [0.1, 0.15) is 51.4 Å². The zero-order chi connectivity index (χ0) is 13.7. The van der Waals surface area contributed by atoms with Gasteiger partial charge < -0.3 is 10.4 Å². The molecule has 0 atom stereocenters. The Kier molecular flexibility index (Phi) is 5.13. The summed E-state index contributed by atoms with van der Waals surface area (Å²) in [5.41, 5.74) is -1.00. The number of carboxylic acid groups (broad SMARTS) is 1. The summed E-state index contributed by atoms with van der Waals surface area (Å²) in [5.74, 6) is 1.35. The van der Waals surface area contributed by atoms with Crippen LogP contribution >= 0.6 is 11.8 Å². The second-order valence-electron chi connectivity index (χ2n) is 5.74. The highest BCUT2D eigenvalue weighted by molar-refractivity contribution is 7.99. The molecule has 0 spiro atoms. The van der Waals surface area contributed by atoms with Crippen molar-refractivity contribution in [2.75, 3.05) is 11.5 Å². The Hall–Kier alpha value is -0.710. The number of hydrogen-bond donors (Lipinski definition) is 2. The van der Waals surface area contributed by atoms with Crippen LogP contribution in [-0.4, -0.2) is 34.0 Å². The SMILES string of the molecule is O=C(CCC1CCCC1)NC1(C(=O)O)CCSCC1. The molecule has 2 aliphatic rings. The van der Waals surface area contributed by atoms with Gasteiger partial charge in [-0.05, 0) is 36.7 Å².